The van der Waals surface area contributed by atoms with Crippen molar-refractivity contribution in [2.75, 3.05) is 5.43 Å². The Hall–Kier alpha value is -3.35. The van der Waals surface area contributed by atoms with Crippen LogP contribution in [-0.2, 0) is 0 Å². The molecule has 0 amide bonds. The molecule has 2 aromatic rings. The molecule has 0 spiro atoms. The first-order valence-corrected chi connectivity index (χ1v) is 6.81. The standard InChI is InChI=1S/C16H11ClN6/c17-13-4-1-10(2-5-13)11-3-6-14(12(7-11)8-18)22-23-15(9-19)16(20)21/h1-7,22H,(H3,20,21)/b23-15+. The molecule has 2 aromatic carbocycles. The summed E-state index contributed by atoms with van der Waals surface area (Å²) < 4.78 is 0. The molecule has 0 heterocycles. The molecule has 7 heteroatoms. The minimum absolute atomic E-state index is 0.254. The Morgan fingerprint density at radius 1 is 1.13 bits per heavy atom. The van der Waals surface area contributed by atoms with E-state index in [0.29, 0.717) is 16.3 Å². The van der Waals surface area contributed by atoms with Gasteiger partial charge in [0.2, 0.25) is 5.71 Å². The second-order valence-corrected chi connectivity index (χ2v) is 4.91. The molecule has 0 aliphatic carbocycles. The summed E-state index contributed by atoms with van der Waals surface area (Å²) in [6, 6.07) is 16.2. The number of halogens is 1. The zero-order valence-electron chi connectivity index (χ0n) is 11.8. The first kappa shape index (κ1) is 16.0. The van der Waals surface area contributed by atoms with Crippen LogP contribution < -0.4 is 11.2 Å². The van der Waals surface area contributed by atoms with Gasteiger partial charge in [-0.3, -0.25) is 10.8 Å². The van der Waals surface area contributed by atoms with Crippen LogP contribution in [-0.4, -0.2) is 11.5 Å². The van der Waals surface area contributed by atoms with Crippen molar-refractivity contribution >= 4 is 28.8 Å². The summed E-state index contributed by atoms with van der Waals surface area (Å²) in [4.78, 5) is 0. The van der Waals surface area contributed by atoms with E-state index in [9.17, 15) is 5.26 Å². The number of hydrogen-bond donors (Lipinski definition) is 3. The zero-order valence-corrected chi connectivity index (χ0v) is 12.6. The predicted molar refractivity (Wildman–Crippen MR) is 90.2 cm³/mol. The summed E-state index contributed by atoms with van der Waals surface area (Å²) in [5.41, 5.74) is 10.1. The van der Waals surface area contributed by atoms with Crippen molar-refractivity contribution in [1.82, 2.24) is 0 Å². The first-order chi connectivity index (χ1) is 11.0. The number of amidine groups is 1. The lowest BCUT2D eigenvalue weighted by molar-refractivity contribution is 1.32. The number of benzene rings is 2. The van der Waals surface area contributed by atoms with E-state index in [1.54, 1.807) is 30.3 Å². The van der Waals surface area contributed by atoms with Gasteiger partial charge in [-0.05, 0) is 35.4 Å². The Kier molecular flexibility index (Phi) is 4.93. The molecule has 4 N–H and O–H groups in total. The SMILES string of the molecule is N#C/C(=N\Nc1ccc(-c2ccc(Cl)cc2)cc1C#N)C(=N)N. The second kappa shape index (κ2) is 7.08. The summed E-state index contributed by atoms with van der Waals surface area (Å²) in [6.07, 6.45) is 0. The van der Waals surface area contributed by atoms with Gasteiger partial charge in [0.25, 0.3) is 0 Å². The van der Waals surface area contributed by atoms with Gasteiger partial charge in [-0.1, -0.05) is 29.8 Å². The number of nitrogens with one attached hydrogen (secondary N) is 2. The number of hydrazone groups is 1. The number of anilines is 1. The molecule has 0 bridgehead atoms. The topological polar surface area (TPSA) is 122 Å². The van der Waals surface area contributed by atoms with Crippen LogP contribution in [0.25, 0.3) is 11.1 Å². The highest BCUT2D eigenvalue weighted by Crippen LogP contribution is 2.26. The molecule has 23 heavy (non-hydrogen) atoms. The highest BCUT2D eigenvalue weighted by Gasteiger charge is 2.06. The van der Waals surface area contributed by atoms with Gasteiger partial charge in [-0.25, -0.2) is 0 Å². The normalized spacial score (nSPS) is 10.5. The van der Waals surface area contributed by atoms with Gasteiger partial charge in [0, 0.05) is 5.02 Å². The van der Waals surface area contributed by atoms with Crippen LogP contribution in [0, 0.1) is 28.1 Å². The highest BCUT2D eigenvalue weighted by atomic mass is 35.5. The Morgan fingerprint density at radius 2 is 1.78 bits per heavy atom. The molecule has 0 atom stereocenters. The Morgan fingerprint density at radius 3 is 2.35 bits per heavy atom. The van der Waals surface area contributed by atoms with Gasteiger partial charge in [0.15, 0.2) is 5.84 Å². The average Bonchev–Trinajstić information content (AvgIpc) is 2.56. The monoisotopic (exact) mass is 322 g/mol. The van der Waals surface area contributed by atoms with Crippen LogP contribution in [0.2, 0.25) is 5.02 Å². The van der Waals surface area contributed by atoms with Crippen molar-refractivity contribution < 1.29 is 0 Å². The lowest BCUT2D eigenvalue weighted by atomic mass is 10.0. The van der Waals surface area contributed by atoms with Gasteiger partial charge in [-0.2, -0.15) is 15.6 Å². The van der Waals surface area contributed by atoms with Crippen LogP contribution in [0.1, 0.15) is 5.56 Å². The van der Waals surface area contributed by atoms with Crippen molar-refractivity contribution in [3.05, 3.63) is 53.1 Å². The van der Waals surface area contributed by atoms with Gasteiger partial charge in [-0.15, -0.1) is 0 Å². The molecule has 0 unspecified atom stereocenters. The lowest BCUT2D eigenvalue weighted by Crippen LogP contribution is -2.21. The summed E-state index contributed by atoms with van der Waals surface area (Å²) in [5.74, 6) is -0.448. The lowest BCUT2D eigenvalue weighted by Gasteiger charge is -2.07. The van der Waals surface area contributed by atoms with Crippen LogP contribution in [0.4, 0.5) is 5.69 Å². The molecule has 0 saturated heterocycles. The fraction of sp³-hybridized carbons (Fsp3) is 0. The number of nitriles is 2. The third-order valence-corrected chi connectivity index (χ3v) is 3.22. The molecule has 6 nitrogen and oxygen atoms in total. The van der Waals surface area contributed by atoms with Crippen LogP contribution in [0.15, 0.2) is 47.6 Å². The maximum Gasteiger partial charge on any atom is 0.201 e. The number of nitrogens with zero attached hydrogens (tertiary/aromatic N) is 3. The molecule has 2 rings (SSSR count). The minimum atomic E-state index is -0.448. The van der Waals surface area contributed by atoms with E-state index in [4.69, 9.17) is 28.0 Å². The van der Waals surface area contributed by atoms with E-state index in [1.807, 2.05) is 18.2 Å². The molecular formula is C16H11ClN6. The molecule has 112 valence electrons. The molecular weight excluding hydrogens is 312 g/mol. The summed E-state index contributed by atoms with van der Waals surface area (Å²) in [7, 11) is 0. The van der Waals surface area contributed by atoms with E-state index in [0.717, 1.165) is 11.1 Å². The van der Waals surface area contributed by atoms with Gasteiger partial charge in [0.1, 0.15) is 12.1 Å². The van der Waals surface area contributed by atoms with Gasteiger partial charge < -0.3 is 5.73 Å². The van der Waals surface area contributed by atoms with E-state index in [2.05, 4.69) is 16.6 Å². The van der Waals surface area contributed by atoms with Crippen molar-refractivity contribution in [3.63, 3.8) is 0 Å². The quantitative estimate of drug-likeness (QED) is 0.454. The number of nitrogens with two attached hydrogens (primary N) is 1. The summed E-state index contributed by atoms with van der Waals surface area (Å²) >= 11 is 5.86. The third-order valence-electron chi connectivity index (χ3n) is 2.97. The van der Waals surface area contributed by atoms with Crippen molar-refractivity contribution in [1.29, 1.82) is 15.9 Å². The van der Waals surface area contributed by atoms with Crippen LogP contribution in [0.3, 0.4) is 0 Å². The van der Waals surface area contributed by atoms with Gasteiger partial charge >= 0.3 is 0 Å². The molecule has 0 aliphatic rings. The first-order valence-electron chi connectivity index (χ1n) is 6.43. The molecule has 0 saturated carbocycles. The van der Waals surface area contributed by atoms with Crippen molar-refractivity contribution in [3.8, 4) is 23.3 Å². The molecule has 0 aromatic heterocycles. The Bertz CT molecular complexity index is 856. The maximum absolute atomic E-state index is 9.27. The molecule has 0 aliphatic heterocycles. The maximum atomic E-state index is 9.27. The third kappa shape index (κ3) is 3.85. The van der Waals surface area contributed by atoms with Crippen LogP contribution in [0.5, 0.6) is 0 Å². The second-order valence-electron chi connectivity index (χ2n) is 4.48. The summed E-state index contributed by atoms with van der Waals surface area (Å²) in [6.45, 7) is 0. The molecule has 0 radical (unpaired) electrons. The zero-order chi connectivity index (χ0) is 16.8. The van der Waals surface area contributed by atoms with E-state index < -0.39 is 5.84 Å². The van der Waals surface area contributed by atoms with Crippen molar-refractivity contribution in [2.24, 2.45) is 10.8 Å². The minimum Gasteiger partial charge on any atom is -0.382 e. The fourth-order valence-corrected chi connectivity index (χ4v) is 1.94. The smallest absolute Gasteiger partial charge is 0.201 e. The van der Waals surface area contributed by atoms with E-state index in [1.165, 1.54) is 0 Å². The number of hydrogen-bond acceptors (Lipinski definition) is 5. The van der Waals surface area contributed by atoms with E-state index in [-0.39, 0.29) is 5.71 Å². The van der Waals surface area contributed by atoms with Crippen molar-refractivity contribution in [2.45, 2.75) is 0 Å². The van der Waals surface area contributed by atoms with E-state index >= 15 is 0 Å². The highest BCUT2D eigenvalue weighted by molar-refractivity contribution is 6.45. The fourth-order valence-electron chi connectivity index (χ4n) is 1.82. The van der Waals surface area contributed by atoms with Crippen LogP contribution >= 0.6 is 11.6 Å². The summed E-state index contributed by atoms with van der Waals surface area (Å²) in [5, 5.41) is 29.6. The Labute approximate surface area is 137 Å². The molecule has 0 fully saturated rings. The Balaban J connectivity index is 2.34. The predicted octanol–water partition coefficient (Wildman–Crippen LogP) is 3.11. The van der Waals surface area contributed by atoms with Gasteiger partial charge in [0.05, 0.1) is 11.3 Å². The average molecular weight is 323 g/mol. The number of rotatable bonds is 4. The largest absolute Gasteiger partial charge is 0.382 e.